The van der Waals surface area contributed by atoms with E-state index in [2.05, 4.69) is 43.4 Å². The van der Waals surface area contributed by atoms with Crippen LogP contribution in [0.15, 0.2) is 46.0 Å². The zero-order chi connectivity index (χ0) is 19.8. The fourth-order valence-corrected chi connectivity index (χ4v) is 4.34. The Morgan fingerprint density at radius 2 is 2.00 bits per heavy atom. The SMILES string of the molecule is CCCSc1nnc2c(n1)O[C@H](c1cc3c(cc1Br)OCO3)Nc1ccccc1-2. The van der Waals surface area contributed by atoms with Gasteiger partial charge in [-0.05, 0) is 24.6 Å². The van der Waals surface area contributed by atoms with Gasteiger partial charge in [-0.3, -0.25) is 0 Å². The Balaban J connectivity index is 1.60. The van der Waals surface area contributed by atoms with Crippen molar-refractivity contribution in [1.29, 1.82) is 0 Å². The summed E-state index contributed by atoms with van der Waals surface area (Å²) in [7, 11) is 0. The molecule has 2 aliphatic heterocycles. The predicted molar refractivity (Wildman–Crippen MR) is 114 cm³/mol. The molecule has 7 nitrogen and oxygen atoms in total. The van der Waals surface area contributed by atoms with Gasteiger partial charge < -0.3 is 19.5 Å². The third-order valence-corrected chi connectivity index (χ3v) is 6.27. The number of aromatic nitrogens is 3. The summed E-state index contributed by atoms with van der Waals surface area (Å²) in [6, 6.07) is 11.7. The number of fused-ring (bicyclic) bond motifs is 4. The molecule has 3 heterocycles. The summed E-state index contributed by atoms with van der Waals surface area (Å²) in [5, 5.41) is 12.8. The first kappa shape index (κ1) is 18.5. The fourth-order valence-electron chi connectivity index (χ4n) is 3.18. The number of para-hydroxylation sites is 1. The molecule has 2 aromatic carbocycles. The number of nitrogens with one attached hydrogen (secondary N) is 1. The number of ether oxygens (including phenoxy) is 3. The summed E-state index contributed by atoms with van der Waals surface area (Å²) < 4.78 is 18.2. The van der Waals surface area contributed by atoms with E-state index < -0.39 is 6.23 Å². The maximum absolute atomic E-state index is 6.32. The van der Waals surface area contributed by atoms with Crippen LogP contribution in [0.4, 0.5) is 5.69 Å². The molecule has 0 saturated carbocycles. The molecular weight excluding hydrogens is 456 g/mol. The third-order valence-electron chi connectivity index (χ3n) is 4.54. The van der Waals surface area contributed by atoms with E-state index in [0.29, 0.717) is 28.2 Å². The minimum atomic E-state index is -0.498. The average molecular weight is 473 g/mol. The van der Waals surface area contributed by atoms with E-state index in [9.17, 15) is 0 Å². The molecule has 0 bridgehead atoms. The summed E-state index contributed by atoms with van der Waals surface area (Å²) in [6.07, 6.45) is 0.533. The molecule has 0 unspecified atom stereocenters. The van der Waals surface area contributed by atoms with Gasteiger partial charge in [0.15, 0.2) is 23.4 Å². The Morgan fingerprint density at radius 1 is 1.17 bits per heavy atom. The molecule has 1 aromatic heterocycles. The molecule has 29 heavy (non-hydrogen) atoms. The highest BCUT2D eigenvalue weighted by atomic mass is 79.9. The van der Waals surface area contributed by atoms with Gasteiger partial charge in [-0.15, -0.1) is 10.2 Å². The first-order chi connectivity index (χ1) is 14.2. The Labute approximate surface area is 180 Å². The predicted octanol–water partition coefficient (Wildman–Crippen LogP) is 5.04. The van der Waals surface area contributed by atoms with E-state index in [1.165, 1.54) is 0 Å². The lowest BCUT2D eigenvalue weighted by Crippen LogP contribution is -2.17. The maximum Gasteiger partial charge on any atom is 0.247 e. The fraction of sp³-hybridized carbons (Fsp3) is 0.250. The molecule has 1 N–H and O–H groups in total. The van der Waals surface area contributed by atoms with Gasteiger partial charge in [0.05, 0.1) is 0 Å². The van der Waals surface area contributed by atoms with Crippen LogP contribution in [0.1, 0.15) is 25.1 Å². The average Bonchev–Trinajstić information content (AvgIpc) is 3.12. The molecule has 9 heteroatoms. The largest absolute Gasteiger partial charge is 0.454 e. The highest BCUT2D eigenvalue weighted by Gasteiger charge is 2.29. The topological polar surface area (TPSA) is 78.4 Å². The van der Waals surface area contributed by atoms with Gasteiger partial charge in [0.2, 0.25) is 17.8 Å². The van der Waals surface area contributed by atoms with Crippen LogP contribution in [0.2, 0.25) is 0 Å². The van der Waals surface area contributed by atoms with Crippen LogP contribution < -0.4 is 19.5 Å². The van der Waals surface area contributed by atoms with Crippen LogP contribution in [-0.2, 0) is 0 Å². The number of rotatable bonds is 4. The van der Waals surface area contributed by atoms with Crippen LogP contribution >= 0.6 is 27.7 Å². The molecule has 148 valence electrons. The Bertz CT molecular complexity index is 1080. The third kappa shape index (κ3) is 3.49. The van der Waals surface area contributed by atoms with Crippen LogP contribution in [0.25, 0.3) is 11.3 Å². The molecule has 3 aromatic rings. The van der Waals surface area contributed by atoms with Gasteiger partial charge in [0, 0.05) is 27.0 Å². The zero-order valence-corrected chi connectivity index (χ0v) is 17.9. The van der Waals surface area contributed by atoms with Crippen molar-refractivity contribution in [3.05, 3.63) is 46.4 Å². The van der Waals surface area contributed by atoms with E-state index in [4.69, 9.17) is 14.2 Å². The van der Waals surface area contributed by atoms with E-state index in [1.54, 1.807) is 11.8 Å². The minimum absolute atomic E-state index is 0.213. The number of nitrogens with zero attached hydrogens (tertiary/aromatic N) is 3. The minimum Gasteiger partial charge on any atom is -0.454 e. The second-order valence-corrected chi connectivity index (χ2v) is 8.43. The van der Waals surface area contributed by atoms with Crippen molar-refractivity contribution in [3.63, 3.8) is 0 Å². The van der Waals surface area contributed by atoms with E-state index in [1.807, 2.05) is 36.4 Å². The Kier molecular flexibility index (Phi) is 4.92. The first-order valence-electron chi connectivity index (χ1n) is 9.22. The Morgan fingerprint density at radius 3 is 2.86 bits per heavy atom. The van der Waals surface area contributed by atoms with Crippen molar-refractivity contribution in [2.45, 2.75) is 24.7 Å². The Hall–Kier alpha value is -2.52. The smallest absolute Gasteiger partial charge is 0.247 e. The molecule has 5 rings (SSSR count). The van der Waals surface area contributed by atoms with E-state index >= 15 is 0 Å². The molecule has 1 atom stereocenters. The van der Waals surface area contributed by atoms with Gasteiger partial charge >= 0.3 is 0 Å². The number of anilines is 1. The maximum atomic E-state index is 6.32. The van der Waals surface area contributed by atoms with Crippen molar-refractivity contribution < 1.29 is 14.2 Å². The van der Waals surface area contributed by atoms with Crippen LogP contribution in [0, 0.1) is 0 Å². The normalized spacial score (nSPS) is 16.3. The molecule has 2 aliphatic rings. The molecule has 0 spiro atoms. The zero-order valence-electron chi connectivity index (χ0n) is 15.5. The van der Waals surface area contributed by atoms with Crippen molar-refractivity contribution >= 4 is 33.4 Å². The lowest BCUT2D eigenvalue weighted by atomic mass is 10.1. The second kappa shape index (κ2) is 7.72. The summed E-state index contributed by atoms with van der Waals surface area (Å²) in [4.78, 5) is 4.64. The molecule has 0 amide bonds. The molecule has 0 aliphatic carbocycles. The molecular formula is C20H17BrN4O3S. The number of benzene rings is 2. The summed E-state index contributed by atoms with van der Waals surface area (Å²) in [6.45, 7) is 2.33. The summed E-state index contributed by atoms with van der Waals surface area (Å²) in [5.74, 6) is 2.76. The van der Waals surface area contributed by atoms with Crippen molar-refractivity contribution in [3.8, 4) is 28.6 Å². The monoisotopic (exact) mass is 472 g/mol. The second-order valence-electron chi connectivity index (χ2n) is 6.51. The number of hydrogen-bond donors (Lipinski definition) is 1. The quantitative estimate of drug-likeness (QED) is 0.529. The van der Waals surface area contributed by atoms with Crippen LogP contribution in [-0.4, -0.2) is 27.7 Å². The lowest BCUT2D eigenvalue weighted by molar-refractivity contribution is 0.173. The van der Waals surface area contributed by atoms with Crippen molar-refractivity contribution in [2.75, 3.05) is 17.9 Å². The number of halogens is 1. The lowest BCUT2D eigenvalue weighted by Gasteiger charge is -2.20. The summed E-state index contributed by atoms with van der Waals surface area (Å²) in [5.41, 5.74) is 3.28. The van der Waals surface area contributed by atoms with Crippen molar-refractivity contribution in [2.24, 2.45) is 0 Å². The van der Waals surface area contributed by atoms with Gasteiger partial charge in [0.1, 0.15) is 0 Å². The van der Waals surface area contributed by atoms with Gasteiger partial charge in [0.25, 0.3) is 0 Å². The number of thioether (sulfide) groups is 1. The van der Waals surface area contributed by atoms with E-state index in [0.717, 1.165) is 33.5 Å². The highest BCUT2D eigenvalue weighted by molar-refractivity contribution is 9.10. The molecule has 0 fully saturated rings. The standard InChI is InChI=1S/C20H17BrN4O3S/c1-2-7-29-20-23-19-17(24-25-20)11-5-3-4-6-14(11)22-18(28-19)12-8-15-16(9-13(12)21)27-10-26-15/h3-6,8-9,18,22H,2,7,10H2,1H3/t18-/m1/s1. The van der Waals surface area contributed by atoms with Crippen LogP contribution in [0.5, 0.6) is 17.4 Å². The van der Waals surface area contributed by atoms with Gasteiger partial charge in [-0.1, -0.05) is 52.8 Å². The van der Waals surface area contributed by atoms with Crippen molar-refractivity contribution in [1.82, 2.24) is 15.2 Å². The number of hydrogen-bond acceptors (Lipinski definition) is 8. The molecule has 0 saturated heterocycles. The van der Waals surface area contributed by atoms with E-state index in [-0.39, 0.29) is 6.79 Å². The highest BCUT2D eigenvalue weighted by Crippen LogP contribution is 2.44. The summed E-state index contributed by atoms with van der Waals surface area (Å²) >= 11 is 5.20. The van der Waals surface area contributed by atoms with Gasteiger partial charge in [-0.2, -0.15) is 4.98 Å². The van der Waals surface area contributed by atoms with Crippen LogP contribution in [0.3, 0.4) is 0 Å². The van der Waals surface area contributed by atoms with Gasteiger partial charge in [-0.25, -0.2) is 0 Å². The molecule has 0 radical (unpaired) electrons. The first-order valence-corrected chi connectivity index (χ1v) is 11.0.